The van der Waals surface area contributed by atoms with Crippen LogP contribution in [0, 0.1) is 0 Å². The van der Waals surface area contributed by atoms with Gasteiger partial charge in [0.15, 0.2) is 5.11 Å². The van der Waals surface area contributed by atoms with Crippen molar-refractivity contribution in [3.8, 4) is 0 Å². The third-order valence-corrected chi connectivity index (χ3v) is 4.89. The van der Waals surface area contributed by atoms with Crippen LogP contribution >= 0.6 is 12.2 Å². The van der Waals surface area contributed by atoms with E-state index in [-0.39, 0.29) is 11.9 Å². The molecule has 0 radical (unpaired) electrons. The number of aryl methyl sites for hydroxylation is 1. The number of carbonyl (C=O) groups excluding carboxylic acids is 2. The second-order valence-electron chi connectivity index (χ2n) is 6.76. The van der Waals surface area contributed by atoms with Gasteiger partial charge in [0.05, 0.1) is 24.1 Å². The first-order valence-corrected chi connectivity index (χ1v) is 10.1. The average Bonchev–Trinajstić information content (AvgIpc) is 3.08. The zero-order chi connectivity index (χ0) is 20.8. The smallest absolute Gasteiger partial charge is 0.338 e. The van der Waals surface area contributed by atoms with Crippen LogP contribution in [0.4, 0.5) is 11.4 Å². The van der Waals surface area contributed by atoms with Crippen molar-refractivity contribution in [2.75, 3.05) is 30.3 Å². The number of piperidine rings is 1. The van der Waals surface area contributed by atoms with Crippen LogP contribution in [0.5, 0.6) is 0 Å². The summed E-state index contributed by atoms with van der Waals surface area (Å²) in [4.78, 5) is 26.5. The summed E-state index contributed by atoms with van der Waals surface area (Å²) in [5.74, 6) is -0.412. The summed E-state index contributed by atoms with van der Waals surface area (Å²) in [6.07, 6.45) is 4.79. The molecule has 29 heavy (non-hydrogen) atoms. The van der Waals surface area contributed by atoms with Crippen LogP contribution < -0.4 is 10.6 Å². The zero-order valence-electron chi connectivity index (χ0n) is 16.6. The van der Waals surface area contributed by atoms with Crippen LogP contribution in [0.2, 0.25) is 0 Å². The maximum absolute atomic E-state index is 12.9. The third kappa shape index (κ3) is 5.11. The number of nitrogens with one attached hydrogen (secondary N) is 2. The molecule has 0 spiro atoms. The molecule has 1 aliphatic rings. The van der Waals surface area contributed by atoms with Crippen LogP contribution in [0.1, 0.15) is 47.0 Å². The molecule has 1 aromatic heterocycles. The number of aromatic nitrogens is 2. The maximum atomic E-state index is 12.9. The van der Waals surface area contributed by atoms with Crippen molar-refractivity contribution in [3.05, 3.63) is 41.7 Å². The SMILES string of the molecule is CCOC(=O)c1ccc(NC(=S)Nc2cnn(C)c2C(=O)N2CCCCC2)cc1. The number of ether oxygens (including phenoxy) is 1. The predicted molar refractivity (Wildman–Crippen MR) is 115 cm³/mol. The second kappa shape index (κ2) is 9.51. The molecule has 1 aromatic carbocycles. The van der Waals surface area contributed by atoms with Crippen molar-refractivity contribution in [2.45, 2.75) is 26.2 Å². The van der Waals surface area contributed by atoms with Gasteiger partial charge >= 0.3 is 5.97 Å². The maximum Gasteiger partial charge on any atom is 0.338 e. The molecule has 1 saturated heterocycles. The normalized spacial score (nSPS) is 13.7. The summed E-state index contributed by atoms with van der Waals surface area (Å²) in [6.45, 7) is 3.62. The van der Waals surface area contributed by atoms with Gasteiger partial charge in [0.25, 0.3) is 5.91 Å². The summed E-state index contributed by atoms with van der Waals surface area (Å²) < 4.78 is 6.54. The van der Waals surface area contributed by atoms with Crippen LogP contribution in [0.25, 0.3) is 0 Å². The molecule has 9 heteroatoms. The molecule has 154 valence electrons. The van der Waals surface area contributed by atoms with E-state index in [0.717, 1.165) is 32.4 Å². The molecule has 3 rings (SSSR count). The van der Waals surface area contributed by atoms with Gasteiger partial charge < -0.3 is 20.3 Å². The lowest BCUT2D eigenvalue weighted by Crippen LogP contribution is -2.37. The fourth-order valence-electron chi connectivity index (χ4n) is 3.22. The molecule has 0 aliphatic carbocycles. The molecular formula is C20H25N5O3S. The summed E-state index contributed by atoms with van der Waals surface area (Å²) in [6, 6.07) is 6.81. The van der Waals surface area contributed by atoms with Gasteiger partial charge in [-0.3, -0.25) is 9.48 Å². The third-order valence-electron chi connectivity index (χ3n) is 4.69. The molecule has 0 saturated carbocycles. The van der Waals surface area contributed by atoms with Gasteiger partial charge in [-0.15, -0.1) is 0 Å². The van der Waals surface area contributed by atoms with E-state index < -0.39 is 0 Å². The Balaban J connectivity index is 1.65. The van der Waals surface area contributed by atoms with Gasteiger partial charge in [0.1, 0.15) is 5.69 Å². The fourth-order valence-corrected chi connectivity index (χ4v) is 3.45. The Bertz CT molecular complexity index is 888. The van der Waals surface area contributed by atoms with Crippen molar-refractivity contribution in [2.24, 2.45) is 7.05 Å². The quantitative estimate of drug-likeness (QED) is 0.573. The topological polar surface area (TPSA) is 88.5 Å². The average molecular weight is 416 g/mol. The van der Waals surface area contributed by atoms with E-state index in [1.54, 1.807) is 49.1 Å². The van der Waals surface area contributed by atoms with Crippen molar-refractivity contribution in [1.82, 2.24) is 14.7 Å². The molecule has 8 nitrogen and oxygen atoms in total. The monoisotopic (exact) mass is 415 g/mol. The minimum absolute atomic E-state index is 0.0474. The minimum Gasteiger partial charge on any atom is -0.462 e. The summed E-state index contributed by atoms with van der Waals surface area (Å²) >= 11 is 5.38. The molecule has 2 heterocycles. The fraction of sp³-hybridized carbons (Fsp3) is 0.400. The Morgan fingerprint density at radius 2 is 1.83 bits per heavy atom. The Morgan fingerprint density at radius 1 is 1.14 bits per heavy atom. The highest BCUT2D eigenvalue weighted by atomic mass is 32.1. The number of hydrogen-bond acceptors (Lipinski definition) is 5. The predicted octanol–water partition coefficient (Wildman–Crippen LogP) is 3.03. The van der Waals surface area contributed by atoms with E-state index in [9.17, 15) is 9.59 Å². The van der Waals surface area contributed by atoms with Crippen molar-refractivity contribution >= 4 is 40.6 Å². The van der Waals surface area contributed by atoms with Crippen LogP contribution in [0.3, 0.4) is 0 Å². The van der Waals surface area contributed by atoms with Gasteiger partial charge in [-0.25, -0.2) is 4.79 Å². The van der Waals surface area contributed by atoms with E-state index in [1.807, 2.05) is 4.90 Å². The van der Waals surface area contributed by atoms with Gasteiger partial charge in [0.2, 0.25) is 0 Å². The molecule has 0 atom stereocenters. The van der Waals surface area contributed by atoms with Gasteiger partial charge in [-0.1, -0.05) is 0 Å². The lowest BCUT2D eigenvalue weighted by Gasteiger charge is -2.27. The zero-order valence-corrected chi connectivity index (χ0v) is 17.4. The van der Waals surface area contributed by atoms with E-state index >= 15 is 0 Å². The van der Waals surface area contributed by atoms with Crippen molar-refractivity contribution < 1.29 is 14.3 Å². The molecular weight excluding hydrogens is 390 g/mol. The number of nitrogens with zero attached hydrogens (tertiary/aromatic N) is 3. The number of amides is 1. The molecule has 0 bridgehead atoms. The minimum atomic E-state index is -0.365. The van der Waals surface area contributed by atoms with E-state index in [2.05, 4.69) is 15.7 Å². The first-order chi connectivity index (χ1) is 14.0. The van der Waals surface area contributed by atoms with E-state index in [4.69, 9.17) is 17.0 Å². The number of esters is 1. The summed E-state index contributed by atoms with van der Waals surface area (Å²) in [5.41, 5.74) is 2.22. The standard InChI is InChI=1S/C20H25N5O3S/c1-3-28-19(27)14-7-9-15(10-8-14)22-20(29)23-16-13-21-24(2)17(16)18(26)25-11-5-4-6-12-25/h7-10,13H,3-6,11-12H2,1-2H3,(H2,22,23,29). The van der Waals surface area contributed by atoms with Crippen LogP contribution in [-0.4, -0.2) is 51.4 Å². The van der Waals surface area contributed by atoms with Crippen molar-refractivity contribution in [1.29, 1.82) is 0 Å². The summed E-state index contributed by atoms with van der Waals surface area (Å²) in [5, 5.41) is 10.6. The molecule has 1 aliphatic heterocycles. The summed E-state index contributed by atoms with van der Waals surface area (Å²) in [7, 11) is 1.74. The Hall–Kier alpha value is -2.94. The van der Waals surface area contributed by atoms with Gasteiger partial charge in [-0.05, 0) is 62.7 Å². The highest BCUT2D eigenvalue weighted by molar-refractivity contribution is 7.80. The molecule has 0 unspecified atom stereocenters. The lowest BCUT2D eigenvalue weighted by atomic mass is 10.1. The van der Waals surface area contributed by atoms with Gasteiger partial charge in [0, 0.05) is 25.8 Å². The highest BCUT2D eigenvalue weighted by Crippen LogP contribution is 2.20. The lowest BCUT2D eigenvalue weighted by molar-refractivity contribution is 0.0526. The largest absolute Gasteiger partial charge is 0.462 e. The van der Waals surface area contributed by atoms with E-state index in [0.29, 0.717) is 34.4 Å². The molecule has 1 fully saturated rings. The molecule has 2 aromatic rings. The first-order valence-electron chi connectivity index (χ1n) is 9.66. The number of rotatable bonds is 5. The number of carbonyl (C=O) groups is 2. The second-order valence-corrected chi connectivity index (χ2v) is 7.17. The Morgan fingerprint density at radius 3 is 2.48 bits per heavy atom. The number of hydrogen-bond donors (Lipinski definition) is 2. The first kappa shape index (κ1) is 20.8. The molecule has 2 N–H and O–H groups in total. The van der Waals surface area contributed by atoms with Gasteiger partial charge in [-0.2, -0.15) is 5.10 Å². The highest BCUT2D eigenvalue weighted by Gasteiger charge is 2.24. The van der Waals surface area contributed by atoms with Crippen molar-refractivity contribution in [3.63, 3.8) is 0 Å². The molecule has 1 amide bonds. The Kier molecular flexibility index (Phi) is 6.82. The number of thiocarbonyl (C=S) groups is 1. The number of anilines is 2. The number of likely N-dealkylation sites (tertiary alicyclic amines) is 1. The van der Waals surface area contributed by atoms with Crippen LogP contribution in [0.15, 0.2) is 30.5 Å². The van der Waals surface area contributed by atoms with E-state index in [1.165, 1.54) is 0 Å². The Labute approximate surface area is 175 Å². The van der Waals surface area contributed by atoms with Crippen LogP contribution in [-0.2, 0) is 11.8 Å². The number of benzene rings is 1.